The fraction of sp³-hybridized carbons (Fsp3) is 0.158. The van der Waals surface area contributed by atoms with Crippen molar-refractivity contribution in [2.24, 2.45) is 0 Å². The maximum absolute atomic E-state index is 12.3. The summed E-state index contributed by atoms with van der Waals surface area (Å²) in [5.74, 6) is 0.281. The van der Waals surface area contributed by atoms with E-state index in [0.717, 1.165) is 11.1 Å². The molecule has 0 radical (unpaired) electrons. The summed E-state index contributed by atoms with van der Waals surface area (Å²) in [5, 5.41) is 8.09. The minimum Gasteiger partial charge on any atom is -0.421 e. The number of carbonyl (C=O) groups excluding carboxylic acids is 2. The van der Waals surface area contributed by atoms with Crippen molar-refractivity contribution in [2.45, 2.75) is 13.3 Å². The number of aromatic nitrogens is 2. The average Bonchev–Trinajstić information content (AvgIpc) is 3.19. The van der Waals surface area contributed by atoms with Crippen molar-refractivity contribution in [2.75, 3.05) is 6.54 Å². The van der Waals surface area contributed by atoms with Crippen LogP contribution in [-0.2, 0) is 6.42 Å². The summed E-state index contributed by atoms with van der Waals surface area (Å²) in [6.07, 6.45) is 0.324. The number of carbonyl (C=O) groups is 2. The molecule has 4 rings (SSSR count). The van der Waals surface area contributed by atoms with Crippen molar-refractivity contribution in [1.29, 1.82) is 0 Å². The van der Waals surface area contributed by atoms with Crippen molar-refractivity contribution >= 4 is 11.8 Å². The van der Waals surface area contributed by atoms with Gasteiger partial charge < -0.3 is 4.42 Å². The number of aryl methyl sites for hydroxylation is 1. The van der Waals surface area contributed by atoms with E-state index in [1.54, 1.807) is 24.3 Å². The fourth-order valence-electron chi connectivity index (χ4n) is 2.93. The summed E-state index contributed by atoms with van der Waals surface area (Å²) in [6.45, 7) is 2.18. The van der Waals surface area contributed by atoms with Gasteiger partial charge in [-0.1, -0.05) is 30.3 Å². The molecular weight excluding hydrogens is 318 g/mol. The first-order chi connectivity index (χ1) is 12.1. The Labute approximate surface area is 144 Å². The highest BCUT2D eigenvalue weighted by Gasteiger charge is 2.34. The molecule has 1 aromatic heterocycles. The molecule has 6 nitrogen and oxygen atoms in total. The summed E-state index contributed by atoms with van der Waals surface area (Å²) in [5.41, 5.74) is 2.80. The molecule has 0 aliphatic carbocycles. The number of rotatable bonds is 4. The van der Waals surface area contributed by atoms with Crippen molar-refractivity contribution in [3.63, 3.8) is 0 Å². The number of hydrogen-bond acceptors (Lipinski definition) is 5. The third kappa shape index (κ3) is 2.61. The van der Waals surface area contributed by atoms with Crippen molar-refractivity contribution < 1.29 is 14.0 Å². The molecule has 1 aliphatic rings. The van der Waals surface area contributed by atoms with Gasteiger partial charge in [-0.2, -0.15) is 0 Å². The Morgan fingerprint density at radius 1 is 0.880 bits per heavy atom. The zero-order valence-corrected chi connectivity index (χ0v) is 13.6. The van der Waals surface area contributed by atoms with Crippen LogP contribution in [0.3, 0.4) is 0 Å². The van der Waals surface area contributed by atoms with Crippen LogP contribution < -0.4 is 0 Å². The van der Waals surface area contributed by atoms with Crippen LogP contribution in [-0.4, -0.2) is 33.5 Å². The monoisotopic (exact) mass is 333 g/mol. The molecule has 0 unspecified atom stereocenters. The lowest BCUT2D eigenvalue weighted by atomic mass is 10.1. The number of fused-ring (bicyclic) bond motifs is 1. The number of imide groups is 1. The van der Waals surface area contributed by atoms with E-state index in [-0.39, 0.29) is 18.4 Å². The Hall–Kier alpha value is -3.28. The van der Waals surface area contributed by atoms with Crippen molar-refractivity contribution in [3.8, 4) is 11.5 Å². The largest absolute Gasteiger partial charge is 0.421 e. The van der Waals surface area contributed by atoms with Gasteiger partial charge in [0, 0.05) is 18.5 Å². The van der Waals surface area contributed by atoms with E-state index < -0.39 is 0 Å². The molecule has 1 aliphatic heterocycles. The number of hydrogen-bond donors (Lipinski definition) is 0. The molecule has 124 valence electrons. The highest BCUT2D eigenvalue weighted by Crippen LogP contribution is 2.24. The van der Waals surface area contributed by atoms with Gasteiger partial charge in [0.15, 0.2) is 0 Å². The van der Waals surface area contributed by atoms with E-state index in [1.807, 2.05) is 31.2 Å². The van der Waals surface area contributed by atoms with Gasteiger partial charge in [0.1, 0.15) is 0 Å². The van der Waals surface area contributed by atoms with Gasteiger partial charge in [0.25, 0.3) is 11.8 Å². The summed E-state index contributed by atoms with van der Waals surface area (Å²) in [6, 6.07) is 14.6. The summed E-state index contributed by atoms with van der Waals surface area (Å²) in [4.78, 5) is 25.9. The summed E-state index contributed by atoms with van der Waals surface area (Å²) < 4.78 is 5.69. The summed E-state index contributed by atoms with van der Waals surface area (Å²) >= 11 is 0. The first kappa shape index (κ1) is 15.3. The van der Waals surface area contributed by atoms with E-state index in [9.17, 15) is 9.59 Å². The lowest BCUT2D eigenvalue weighted by Gasteiger charge is -2.11. The number of nitrogens with zero attached hydrogens (tertiary/aromatic N) is 3. The van der Waals surface area contributed by atoms with Crippen molar-refractivity contribution in [3.05, 3.63) is 71.1 Å². The third-order valence-electron chi connectivity index (χ3n) is 4.27. The molecule has 0 atom stereocenters. The Bertz CT molecular complexity index is 942. The van der Waals surface area contributed by atoms with Crippen LogP contribution in [0.4, 0.5) is 0 Å². The third-order valence-corrected chi connectivity index (χ3v) is 4.27. The van der Waals surface area contributed by atoms with Crippen LogP contribution in [0.25, 0.3) is 11.5 Å². The molecule has 3 aromatic rings. The average molecular weight is 333 g/mol. The van der Waals surface area contributed by atoms with E-state index in [4.69, 9.17) is 4.42 Å². The molecule has 2 heterocycles. The highest BCUT2D eigenvalue weighted by atomic mass is 16.4. The predicted molar refractivity (Wildman–Crippen MR) is 90.0 cm³/mol. The molecule has 2 amide bonds. The normalized spacial score (nSPS) is 13.4. The standard InChI is InChI=1S/C19H15N3O3/c1-12-6-2-3-7-13(12)17-21-20-16(25-17)10-11-22-18(23)14-8-4-5-9-15(14)19(22)24/h2-9H,10-11H2,1H3. The van der Waals surface area contributed by atoms with Gasteiger partial charge in [0.2, 0.25) is 11.8 Å². The maximum atomic E-state index is 12.3. The molecule has 0 fully saturated rings. The SMILES string of the molecule is Cc1ccccc1-c1nnc(CCN2C(=O)c3ccccc3C2=O)o1. The second-order valence-electron chi connectivity index (χ2n) is 5.87. The Kier molecular flexibility index (Phi) is 3.65. The quantitative estimate of drug-likeness (QED) is 0.686. The minimum absolute atomic E-state index is 0.210. The Morgan fingerprint density at radius 2 is 1.48 bits per heavy atom. The Balaban J connectivity index is 1.49. The fourth-order valence-corrected chi connectivity index (χ4v) is 2.93. The molecular formula is C19H15N3O3. The van der Waals surface area contributed by atoms with Gasteiger partial charge in [-0.25, -0.2) is 0 Å². The van der Waals surface area contributed by atoms with E-state index in [1.165, 1.54) is 4.90 Å². The number of amides is 2. The second-order valence-corrected chi connectivity index (χ2v) is 5.87. The van der Waals surface area contributed by atoms with Gasteiger partial charge >= 0.3 is 0 Å². The minimum atomic E-state index is -0.278. The van der Waals surface area contributed by atoms with E-state index in [0.29, 0.717) is 29.3 Å². The molecule has 0 saturated carbocycles. The van der Waals surface area contributed by atoms with Gasteiger partial charge in [-0.05, 0) is 30.7 Å². The van der Waals surface area contributed by atoms with Crippen LogP contribution in [0.2, 0.25) is 0 Å². The lowest BCUT2D eigenvalue weighted by Crippen LogP contribution is -2.31. The molecule has 25 heavy (non-hydrogen) atoms. The van der Waals surface area contributed by atoms with Gasteiger partial charge in [-0.15, -0.1) is 10.2 Å². The van der Waals surface area contributed by atoms with Crippen LogP contribution in [0.15, 0.2) is 52.9 Å². The summed E-state index contributed by atoms with van der Waals surface area (Å²) in [7, 11) is 0. The molecule has 2 aromatic carbocycles. The van der Waals surface area contributed by atoms with Crippen LogP contribution >= 0.6 is 0 Å². The lowest BCUT2D eigenvalue weighted by molar-refractivity contribution is 0.0654. The van der Waals surface area contributed by atoms with E-state index in [2.05, 4.69) is 10.2 Å². The van der Waals surface area contributed by atoms with Crippen LogP contribution in [0, 0.1) is 6.92 Å². The Morgan fingerprint density at radius 3 is 2.12 bits per heavy atom. The zero-order valence-electron chi connectivity index (χ0n) is 13.6. The molecule has 0 N–H and O–H groups in total. The predicted octanol–water partition coefficient (Wildman–Crippen LogP) is 2.88. The smallest absolute Gasteiger partial charge is 0.261 e. The van der Waals surface area contributed by atoms with E-state index >= 15 is 0 Å². The first-order valence-corrected chi connectivity index (χ1v) is 7.99. The molecule has 0 spiro atoms. The highest BCUT2D eigenvalue weighted by molar-refractivity contribution is 6.21. The molecule has 0 bridgehead atoms. The number of benzene rings is 2. The van der Waals surface area contributed by atoms with Gasteiger partial charge in [0.05, 0.1) is 11.1 Å². The van der Waals surface area contributed by atoms with Gasteiger partial charge in [-0.3, -0.25) is 14.5 Å². The van der Waals surface area contributed by atoms with Crippen molar-refractivity contribution in [1.82, 2.24) is 15.1 Å². The second kappa shape index (κ2) is 5.98. The first-order valence-electron chi connectivity index (χ1n) is 7.99. The topological polar surface area (TPSA) is 76.3 Å². The molecule has 0 saturated heterocycles. The van der Waals surface area contributed by atoms with Crippen LogP contribution in [0.5, 0.6) is 0 Å². The maximum Gasteiger partial charge on any atom is 0.261 e. The van der Waals surface area contributed by atoms with Crippen LogP contribution in [0.1, 0.15) is 32.2 Å². The molecule has 6 heteroatoms. The zero-order chi connectivity index (χ0) is 17.4.